The lowest BCUT2D eigenvalue weighted by molar-refractivity contribution is -0.137. The fourth-order valence-corrected chi connectivity index (χ4v) is 4.38. The summed E-state index contributed by atoms with van der Waals surface area (Å²) < 4.78 is 0. The minimum absolute atomic E-state index is 0.00168. The van der Waals surface area contributed by atoms with Gasteiger partial charge in [-0.1, -0.05) is 64.7 Å². The molecule has 26 heavy (non-hydrogen) atoms. The summed E-state index contributed by atoms with van der Waals surface area (Å²) in [6.45, 7) is 2.16. The first-order chi connectivity index (χ1) is 12.5. The van der Waals surface area contributed by atoms with Gasteiger partial charge in [-0.05, 0) is 31.6 Å². The van der Waals surface area contributed by atoms with Gasteiger partial charge in [0, 0.05) is 12.3 Å². The van der Waals surface area contributed by atoms with Gasteiger partial charge in [0.2, 0.25) is 0 Å². The lowest BCUT2D eigenvalue weighted by atomic mass is 9.83. The van der Waals surface area contributed by atoms with Crippen molar-refractivity contribution in [3.05, 3.63) is 0 Å². The second-order valence-corrected chi connectivity index (χ2v) is 8.08. The summed E-state index contributed by atoms with van der Waals surface area (Å²) in [5.74, 6) is -0.918. The standard InChI is InChI=1S/C21H40O5/c1-2-3-4-10-13-17(22)21-16(18(23)15-19(21)24)12-9-7-5-6-8-11-14-20(25)26/h16-19,21-24H,2-15H2,1H3,(H,25,26). The summed E-state index contributed by atoms with van der Waals surface area (Å²) in [4.78, 5) is 10.5. The highest BCUT2D eigenvalue weighted by atomic mass is 16.4. The van der Waals surface area contributed by atoms with E-state index in [1.165, 1.54) is 12.8 Å². The first-order valence-electron chi connectivity index (χ1n) is 10.7. The minimum Gasteiger partial charge on any atom is -0.481 e. The zero-order chi connectivity index (χ0) is 19.4. The molecule has 0 spiro atoms. The molecule has 0 radical (unpaired) electrons. The first-order valence-corrected chi connectivity index (χ1v) is 10.7. The van der Waals surface area contributed by atoms with E-state index >= 15 is 0 Å². The van der Waals surface area contributed by atoms with E-state index in [-0.39, 0.29) is 18.3 Å². The Kier molecular flexibility index (Phi) is 12.2. The summed E-state index contributed by atoms with van der Waals surface area (Å²) in [5.41, 5.74) is 0. The maximum absolute atomic E-state index is 10.5. The third-order valence-electron chi connectivity index (χ3n) is 5.89. The minimum atomic E-state index is -0.724. The molecule has 1 fully saturated rings. The quantitative estimate of drug-likeness (QED) is 0.327. The Balaban J connectivity index is 2.25. The fourth-order valence-electron chi connectivity index (χ4n) is 4.38. The summed E-state index contributed by atoms with van der Waals surface area (Å²) >= 11 is 0. The van der Waals surface area contributed by atoms with Gasteiger partial charge in [-0.25, -0.2) is 0 Å². The number of carbonyl (C=O) groups is 1. The van der Waals surface area contributed by atoms with Crippen molar-refractivity contribution in [2.24, 2.45) is 11.8 Å². The van der Waals surface area contributed by atoms with Crippen LogP contribution in [0, 0.1) is 11.8 Å². The summed E-state index contributed by atoms with van der Waals surface area (Å²) in [6.07, 6.45) is 10.9. The summed E-state index contributed by atoms with van der Waals surface area (Å²) in [5, 5.41) is 39.7. The SMILES string of the molecule is CCCCCCC(O)C1C(O)CC(O)C1CCCCCCCCC(=O)O. The van der Waals surface area contributed by atoms with E-state index in [9.17, 15) is 20.1 Å². The predicted molar refractivity (Wildman–Crippen MR) is 103 cm³/mol. The van der Waals surface area contributed by atoms with E-state index in [2.05, 4.69) is 6.92 Å². The molecule has 1 aliphatic carbocycles. The molecular formula is C21H40O5. The molecule has 4 N–H and O–H groups in total. The number of aliphatic carboxylic acids is 1. The van der Waals surface area contributed by atoms with Crippen molar-refractivity contribution in [2.75, 3.05) is 0 Å². The molecule has 0 aromatic heterocycles. The van der Waals surface area contributed by atoms with Gasteiger partial charge < -0.3 is 20.4 Å². The molecule has 0 aromatic rings. The fraction of sp³-hybridized carbons (Fsp3) is 0.952. The number of hydrogen-bond acceptors (Lipinski definition) is 4. The summed E-state index contributed by atoms with van der Waals surface area (Å²) in [6, 6.07) is 0. The van der Waals surface area contributed by atoms with Crippen LogP contribution >= 0.6 is 0 Å². The third-order valence-corrected chi connectivity index (χ3v) is 5.89. The van der Waals surface area contributed by atoms with Crippen LogP contribution in [0.4, 0.5) is 0 Å². The molecule has 0 heterocycles. The van der Waals surface area contributed by atoms with Crippen LogP contribution in [0.25, 0.3) is 0 Å². The van der Waals surface area contributed by atoms with Crippen molar-refractivity contribution in [1.82, 2.24) is 0 Å². The normalized spacial score (nSPS) is 26.9. The zero-order valence-electron chi connectivity index (χ0n) is 16.5. The van der Waals surface area contributed by atoms with Crippen LogP contribution < -0.4 is 0 Å². The van der Waals surface area contributed by atoms with Crippen molar-refractivity contribution < 1.29 is 25.2 Å². The Hall–Kier alpha value is -0.650. The Morgan fingerprint density at radius 1 is 0.923 bits per heavy atom. The van der Waals surface area contributed by atoms with E-state index < -0.39 is 24.3 Å². The smallest absolute Gasteiger partial charge is 0.303 e. The van der Waals surface area contributed by atoms with Gasteiger partial charge in [0.1, 0.15) is 0 Å². The number of aliphatic hydroxyl groups excluding tert-OH is 3. The number of rotatable bonds is 15. The highest BCUT2D eigenvalue weighted by Gasteiger charge is 2.44. The van der Waals surface area contributed by atoms with Crippen molar-refractivity contribution in [2.45, 2.75) is 115 Å². The van der Waals surface area contributed by atoms with Crippen LogP contribution in [-0.4, -0.2) is 44.7 Å². The number of hydrogen-bond donors (Lipinski definition) is 4. The number of aliphatic hydroxyl groups is 3. The van der Waals surface area contributed by atoms with Crippen molar-refractivity contribution in [1.29, 1.82) is 0 Å². The van der Waals surface area contributed by atoms with Crippen molar-refractivity contribution >= 4 is 5.97 Å². The molecule has 154 valence electrons. The molecule has 1 rings (SSSR count). The Labute approximate surface area is 158 Å². The Morgan fingerprint density at radius 2 is 1.54 bits per heavy atom. The third kappa shape index (κ3) is 8.83. The average Bonchev–Trinajstić information content (AvgIpc) is 2.87. The maximum Gasteiger partial charge on any atom is 0.303 e. The lowest BCUT2D eigenvalue weighted by Gasteiger charge is -2.28. The van der Waals surface area contributed by atoms with Gasteiger partial charge in [0.15, 0.2) is 0 Å². The second kappa shape index (κ2) is 13.5. The molecule has 0 aromatic carbocycles. The zero-order valence-corrected chi connectivity index (χ0v) is 16.5. The van der Waals surface area contributed by atoms with Crippen LogP contribution in [0.3, 0.4) is 0 Å². The van der Waals surface area contributed by atoms with Crippen LogP contribution in [0.5, 0.6) is 0 Å². The Morgan fingerprint density at radius 3 is 2.19 bits per heavy atom. The number of unbranched alkanes of at least 4 members (excludes halogenated alkanes) is 8. The predicted octanol–water partition coefficient (Wildman–Crippen LogP) is 3.88. The van der Waals surface area contributed by atoms with Gasteiger partial charge in [-0.15, -0.1) is 0 Å². The summed E-state index contributed by atoms with van der Waals surface area (Å²) in [7, 11) is 0. The van der Waals surface area contributed by atoms with Crippen molar-refractivity contribution in [3.63, 3.8) is 0 Å². The topological polar surface area (TPSA) is 98.0 Å². The second-order valence-electron chi connectivity index (χ2n) is 8.08. The van der Waals surface area contributed by atoms with E-state index in [0.717, 1.165) is 57.8 Å². The van der Waals surface area contributed by atoms with Crippen LogP contribution in [-0.2, 0) is 4.79 Å². The first kappa shape index (κ1) is 23.4. The molecule has 5 nitrogen and oxygen atoms in total. The molecule has 1 saturated carbocycles. The Bertz CT molecular complexity index is 373. The maximum atomic E-state index is 10.5. The van der Waals surface area contributed by atoms with E-state index in [1.807, 2.05) is 0 Å². The van der Waals surface area contributed by atoms with Gasteiger partial charge in [0.05, 0.1) is 18.3 Å². The molecule has 5 heteroatoms. The van der Waals surface area contributed by atoms with Gasteiger partial charge >= 0.3 is 5.97 Å². The molecule has 0 aliphatic heterocycles. The largest absolute Gasteiger partial charge is 0.481 e. The van der Waals surface area contributed by atoms with E-state index in [0.29, 0.717) is 12.8 Å². The monoisotopic (exact) mass is 372 g/mol. The van der Waals surface area contributed by atoms with Crippen LogP contribution in [0.1, 0.15) is 96.8 Å². The molecule has 5 atom stereocenters. The molecule has 1 aliphatic rings. The number of carboxylic acids is 1. The molecule has 0 bridgehead atoms. The number of carboxylic acid groups (broad SMARTS) is 1. The van der Waals surface area contributed by atoms with Crippen LogP contribution in [0.2, 0.25) is 0 Å². The van der Waals surface area contributed by atoms with Crippen LogP contribution in [0.15, 0.2) is 0 Å². The molecular weight excluding hydrogens is 332 g/mol. The van der Waals surface area contributed by atoms with Gasteiger partial charge in [-0.3, -0.25) is 4.79 Å². The van der Waals surface area contributed by atoms with Gasteiger partial charge in [-0.2, -0.15) is 0 Å². The van der Waals surface area contributed by atoms with Crippen molar-refractivity contribution in [3.8, 4) is 0 Å². The highest BCUT2D eigenvalue weighted by Crippen LogP contribution is 2.39. The van der Waals surface area contributed by atoms with E-state index in [4.69, 9.17) is 5.11 Å². The molecule has 0 saturated heterocycles. The highest BCUT2D eigenvalue weighted by molar-refractivity contribution is 5.66. The average molecular weight is 373 g/mol. The van der Waals surface area contributed by atoms with Gasteiger partial charge in [0.25, 0.3) is 0 Å². The molecule has 5 unspecified atom stereocenters. The molecule has 0 amide bonds. The lowest BCUT2D eigenvalue weighted by Crippen LogP contribution is -2.33. The van der Waals surface area contributed by atoms with E-state index in [1.54, 1.807) is 0 Å².